The number of aryl methyl sites for hydroxylation is 1. The maximum atomic E-state index is 14.1. The summed E-state index contributed by atoms with van der Waals surface area (Å²) in [6.07, 6.45) is 5.02. The Morgan fingerprint density at radius 3 is 3.07 bits per heavy atom. The van der Waals surface area contributed by atoms with Crippen LogP contribution in [0.5, 0.6) is 0 Å². The summed E-state index contributed by atoms with van der Waals surface area (Å²) in [5.41, 5.74) is 7.75. The van der Waals surface area contributed by atoms with Crippen LogP contribution in [0.3, 0.4) is 0 Å². The van der Waals surface area contributed by atoms with Gasteiger partial charge in [-0.25, -0.2) is 14.4 Å². The van der Waals surface area contributed by atoms with Gasteiger partial charge in [-0.15, -0.1) is 0 Å². The van der Waals surface area contributed by atoms with Crippen LogP contribution in [-0.2, 0) is 6.42 Å². The minimum atomic E-state index is -0.728. The van der Waals surface area contributed by atoms with E-state index in [9.17, 15) is 9.18 Å². The molecule has 1 atom stereocenters. The van der Waals surface area contributed by atoms with Crippen molar-refractivity contribution in [3.05, 3.63) is 52.7 Å². The molecule has 4 rings (SSSR count). The van der Waals surface area contributed by atoms with Crippen molar-refractivity contribution in [2.24, 2.45) is 5.73 Å². The molecule has 1 amide bonds. The Morgan fingerprint density at radius 2 is 2.28 bits per heavy atom. The van der Waals surface area contributed by atoms with Gasteiger partial charge < -0.3 is 20.9 Å². The third-order valence-electron chi connectivity index (χ3n) is 5.39. The van der Waals surface area contributed by atoms with Gasteiger partial charge in [0.25, 0.3) is 5.91 Å². The third-order valence-corrected chi connectivity index (χ3v) is 5.69. The first kappa shape index (κ1) is 19.6. The first-order chi connectivity index (χ1) is 13.9. The fourth-order valence-corrected chi connectivity index (χ4v) is 3.95. The highest BCUT2D eigenvalue weighted by atomic mass is 35.5. The van der Waals surface area contributed by atoms with Gasteiger partial charge in [0.15, 0.2) is 5.82 Å². The molecule has 0 aliphatic carbocycles. The predicted molar refractivity (Wildman–Crippen MR) is 111 cm³/mol. The maximum Gasteiger partial charge on any atom is 0.254 e. The van der Waals surface area contributed by atoms with Gasteiger partial charge in [0, 0.05) is 25.8 Å². The maximum absolute atomic E-state index is 14.1. The minimum Gasteiger partial charge on any atom is -0.354 e. The number of carbonyl (C=O) groups is 1. The Balaban J connectivity index is 1.49. The van der Waals surface area contributed by atoms with Crippen LogP contribution in [0, 0.1) is 5.82 Å². The fraction of sp³-hybridized carbons (Fsp3) is 0.350. The summed E-state index contributed by atoms with van der Waals surface area (Å²) in [7, 11) is 0. The van der Waals surface area contributed by atoms with Crippen molar-refractivity contribution in [2.45, 2.75) is 25.3 Å². The lowest BCUT2D eigenvalue weighted by Crippen LogP contribution is -2.52. The van der Waals surface area contributed by atoms with Crippen LogP contribution in [0.1, 0.15) is 29.3 Å². The van der Waals surface area contributed by atoms with Gasteiger partial charge in [0.1, 0.15) is 17.8 Å². The van der Waals surface area contributed by atoms with E-state index in [1.807, 2.05) is 6.20 Å². The van der Waals surface area contributed by atoms with Crippen LogP contribution >= 0.6 is 11.6 Å². The van der Waals surface area contributed by atoms with Gasteiger partial charge in [0.2, 0.25) is 0 Å². The zero-order valence-electron chi connectivity index (χ0n) is 16.0. The largest absolute Gasteiger partial charge is 0.354 e. The number of aromatic nitrogens is 3. The van der Waals surface area contributed by atoms with Crippen LogP contribution in [0.15, 0.2) is 30.7 Å². The summed E-state index contributed by atoms with van der Waals surface area (Å²) < 4.78 is 14.1. The quantitative estimate of drug-likeness (QED) is 0.593. The van der Waals surface area contributed by atoms with E-state index in [0.29, 0.717) is 19.5 Å². The number of halogens is 2. The molecule has 3 heterocycles. The summed E-state index contributed by atoms with van der Waals surface area (Å²) in [6.45, 7) is 3.53. The molecule has 0 unspecified atom stereocenters. The Kier molecular flexibility index (Phi) is 5.14. The van der Waals surface area contributed by atoms with E-state index in [1.165, 1.54) is 18.5 Å². The smallest absolute Gasteiger partial charge is 0.254 e. The standard InChI is InChI=1S/C20H22ClFN6O/c1-2-12-8-24-17-15(12)18(27-11-26-17)28-7-6-20(23,10-28)9-25-19(29)13-4-3-5-14(21)16(13)22/h3-5,8,11H,2,6-7,9-10,23H2,1H3,(H,25,29)(H,24,26,27)/t20-/m0/s1. The van der Waals surface area contributed by atoms with Crippen molar-refractivity contribution >= 4 is 34.4 Å². The van der Waals surface area contributed by atoms with Gasteiger partial charge in [0.05, 0.1) is 21.5 Å². The molecule has 3 aromatic rings. The van der Waals surface area contributed by atoms with E-state index in [0.717, 1.165) is 28.8 Å². The highest BCUT2D eigenvalue weighted by Crippen LogP contribution is 2.31. The molecule has 0 radical (unpaired) electrons. The number of anilines is 1. The average Bonchev–Trinajstić information content (AvgIpc) is 3.32. The van der Waals surface area contributed by atoms with Gasteiger partial charge >= 0.3 is 0 Å². The van der Waals surface area contributed by atoms with E-state index in [-0.39, 0.29) is 17.1 Å². The van der Waals surface area contributed by atoms with Gasteiger partial charge in [-0.2, -0.15) is 0 Å². The van der Waals surface area contributed by atoms with Crippen molar-refractivity contribution in [2.75, 3.05) is 24.5 Å². The Labute approximate surface area is 172 Å². The second-order valence-electron chi connectivity index (χ2n) is 7.41. The normalized spacial score (nSPS) is 19.1. The van der Waals surface area contributed by atoms with Crippen LogP contribution in [0.25, 0.3) is 11.0 Å². The van der Waals surface area contributed by atoms with Crippen LogP contribution in [0.2, 0.25) is 5.02 Å². The Morgan fingerprint density at radius 1 is 1.45 bits per heavy atom. The lowest BCUT2D eigenvalue weighted by atomic mass is 10.00. The summed E-state index contributed by atoms with van der Waals surface area (Å²) in [4.78, 5) is 26.5. The second kappa shape index (κ2) is 7.61. The number of nitrogens with zero attached hydrogens (tertiary/aromatic N) is 3. The summed E-state index contributed by atoms with van der Waals surface area (Å²) in [5.74, 6) is -0.419. The molecule has 1 aromatic carbocycles. The van der Waals surface area contributed by atoms with Gasteiger partial charge in [-0.05, 0) is 30.5 Å². The number of aromatic amines is 1. The first-order valence-corrected chi connectivity index (χ1v) is 9.86. The Bertz CT molecular complexity index is 1070. The molecular weight excluding hydrogens is 395 g/mol. The number of carbonyl (C=O) groups excluding carboxylic acids is 1. The predicted octanol–water partition coefficient (Wildman–Crippen LogP) is 2.65. The number of hydrogen-bond acceptors (Lipinski definition) is 5. The molecular formula is C20H22ClFN6O. The number of rotatable bonds is 5. The average molecular weight is 417 g/mol. The van der Waals surface area contributed by atoms with Gasteiger partial charge in [-0.3, -0.25) is 4.79 Å². The molecule has 29 heavy (non-hydrogen) atoms. The number of hydrogen-bond donors (Lipinski definition) is 3. The minimum absolute atomic E-state index is 0.0850. The molecule has 7 nitrogen and oxygen atoms in total. The second-order valence-corrected chi connectivity index (χ2v) is 7.81. The Hall–Kier alpha value is -2.71. The molecule has 152 valence electrons. The lowest BCUT2D eigenvalue weighted by molar-refractivity contribution is 0.0941. The molecule has 0 saturated carbocycles. The van der Waals surface area contributed by atoms with Crippen molar-refractivity contribution in [1.29, 1.82) is 0 Å². The monoisotopic (exact) mass is 416 g/mol. The van der Waals surface area contributed by atoms with E-state index in [1.54, 1.807) is 6.07 Å². The van der Waals surface area contributed by atoms with E-state index in [4.69, 9.17) is 17.3 Å². The van der Waals surface area contributed by atoms with E-state index in [2.05, 4.69) is 32.1 Å². The summed E-state index contributed by atoms with van der Waals surface area (Å²) >= 11 is 5.76. The molecule has 2 aromatic heterocycles. The lowest BCUT2D eigenvalue weighted by Gasteiger charge is -2.25. The molecule has 0 bridgehead atoms. The molecule has 1 aliphatic heterocycles. The van der Waals surface area contributed by atoms with Crippen LogP contribution < -0.4 is 16.0 Å². The SMILES string of the molecule is CCc1c[nH]c2ncnc(N3CC[C@](N)(CNC(=O)c4cccc(Cl)c4F)C3)c12. The zero-order chi connectivity index (χ0) is 20.6. The van der Waals surface area contributed by atoms with Crippen molar-refractivity contribution < 1.29 is 9.18 Å². The highest BCUT2D eigenvalue weighted by molar-refractivity contribution is 6.31. The van der Waals surface area contributed by atoms with Crippen LogP contribution in [0.4, 0.5) is 10.2 Å². The molecule has 1 saturated heterocycles. The van der Waals surface area contributed by atoms with Crippen molar-refractivity contribution in [1.82, 2.24) is 20.3 Å². The molecule has 4 N–H and O–H groups in total. The summed E-state index contributed by atoms with van der Waals surface area (Å²) in [5, 5.41) is 3.67. The number of nitrogens with two attached hydrogens (primary N) is 1. The highest BCUT2D eigenvalue weighted by Gasteiger charge is 2.36. The number of nitrogens with one attached hydrogen (secondary N) is 2. The number of H-pyrrole nitrogens is 1. The van der Waals surface area contributed by atoms with Gasteiger partial charge in [-0.1, -0.05) is 24.6 Å². The third kappa shape index (κ3) is 3.65. The van der Waals surface area contributed by atoms with E-state index >= 15 is 0 Å². The number of fused-ring (bicyclic) bond motifs is 1. The van der Waals surface area contributed by atoms with Crippen molar-refractivity contribution in [3.63, 3.8) is 0 Å². The first-order valence-electron chi connectivity index (χ1n) is 9.49. The van der Waals surface area contributed by atoms with Crippen molar-refractivity contribution in [3.8, 4) is 0 Å². The topological polar surface area (TPSA) is 99.9 Å². The number of amides is 1. The number of benzene rings is 1. The zero-order valence-corrected chi connectivity index (χ0v) is 16.8. The molecule has 1 fully saturated rings. The molecule has 1 aliphatic rings. The van der Waals surface area contributed by atoms with E-state index < -0.39 is 17.3 Å². The summed E-state index contributed by atoms with van der Waals surface area (Å²) in [6, 6.07) is 4.34. The molecule has 0 spiro atoms. The fourth-order valence-electron chi connectivity index (χ4n) is 3.78. The van der Waals surface area contributed by atoms with Crippen LogP contribution in [-0.4, -0.2) is 46.0 Å². The molecule has 9 heteroatoms.